The maximum absolute atomic E-state index is 12.0. The molecule has 4 heteroatoms. The minimum Gasteiger partial charge on any atom is -0.508 e. The number of hydrogen-bond acceptors (Lipinski definition) is 3. The number of carbonyl (C=O) groups is 1. The smallest absolute Gasteiger partial charge is 0.410 e. The number of hydrogen-bond donors (Lipinski definition) is 1. The Morgan fingerprint density at radius 1 is 1.23 bits per heavy atom. The molecule has 1 aromatic carbocycles. The zero-order valence-corrected chi connectivity index (χ0v) is 13.6. The van der Waals surface area contributed by atoms with Gasteiger partial charge in [0.05, 0.1) is 0 Å². The quantitative estimate of drug-likeness (QED) is 0.827. The Morgan fingerprint density at radius 2 is 1.77 bits per heavy atom. The molecule has 0 radical (unpaired) electrons. The van der Waals surface area contributed by atoms with Crippen LogP contribution in [0.4, 0.5) is 4.79 Å². The van der Waals surface area contributed by atoms with Crippen molar-refractivity contribution in [3.05, 3.63) is 42.0 Å². The number of amides is 1. The highest BCUT2D eigenvalue weighted by Crippen LogP contribution is 2.29. The van der Waals surface area contributed by atoms with Crippen LogP contribution < -0.4 is 0 Å². The highest BCUT2D eigenvalue weighted by molar-refractivity contribution is 5.68. The second-order valence-corrected chi connectivity index (χ2v) is 6.81. The van der Waals surface area contributed by atoms with E-state index < -0.39 is 5.60 Å². The van der Waals surface area contributed by atoms with Crippen molar-refractivity contribution in [2.75, 3.05) is 13.1 Å². The van der Waals surface area contributed by atoms with Crippen LogP contribution >= 0.6 is 0 Å². The molecule has 0 atom stereocenters. The Kier molecular flexibility index (Phi) is 4.79. The number of ether oxygens (including phenoxy) is 1. The van der Waals surface area contributed by atoms with Gasteiger partial charge in [-0.1, -0.05) is 30.8 Å². The lowest BCUT2D eigenvalue weighted by molar-refractivity contribution is 0.0205. The first-order chi connectivity index (χ1) is 10.3. The third kappa shape index (κ3) is 4.26. The van der Waals surface area contributed by atoms with Crippen LogP contribution in [0.1, 0.15) is 50.7 Å². The molecule has 0 aliphatic carbocycles. The Morgan fingerprint density at radius 3 is 2.23 bits per heavy atom. The lowest BCUT2D eigenvalue weighted by atomic mass is 9.89. The van der Waals surface area contributed by atoms with Crippen LogP contribution in [-0.2, 0) is 4.74 Å². The molecule has 1 heterocycles. The van der Waals surface area contributed by atoms with Gasteiger partial charge in [-0.3, -0.25) is 0 Å². The molecule has 120 valence electrons. The molecule has 1 fully saturated rings. The van der Waals surface area contributed by atoms with E-state index in [1.165, 1.54) is 5.56 Å². The van der Waals surface area contributed by atoms with Crippen LogP contribution in [0.15, 0.2) is 30.8 Å². The van der Waals surface area contributed by atoms with Crippen molar-refractivity contribution in [3.8, 4) is 0 Å². The highest BCUT2D eigenvalue weighted by atomic mass is 16.6. The van der Waals surface area contributed by atoms with E-state index in [0.717, 1.165) is 18.4 Å². The van der Waals surface area contributed by atoms with Gasteiger partial charge in [0, 0.05) is 18.7 Å². The summed E-state index contributed by atoms with van der Waals surface area (Å²) in [6.07, 6.45) is 1.63. The molecule has 0 unspecified atom stereocenters. The first kappa shape index (κ1) is 16.4. The molecule has 1 saturated heterocycles. The number of nitrogens with zero attached hydrogens (tertiary/aromatic N) is 1. The fourth-order valence-electron chi connectivity index (χ4n) is 2.67. The lowest BCUT2D eigenvalue weighted by Crippen LogP contribution is -2.41. The van der Waals surface area contributed by atoms with Crippen molar-refractivity contribution >= 4 is 11.9 Å². The van der Waals surface area contributed by atoms with Crippen LogP contribution in [0.3, 0.4) is 0 Å². The number of likely N-dealkylation sites (tertiary alicyclic amines) is 1. The topological polar surface area (TPSA) is 49.8 Å². The Hall–Kier alpha value is -1.97. The molecule has 1 aliphatic heterocycles. The molecule has 0 bridgehead atoms. The summed E-state index contributed by atoms with van der Waals surface area (Å²) in [4.78, 5) is 13.8. The molecule has 1 amide bonds. The van der Waals surface area contributed by atoms with Crippen LogP contribution in [0.25, 0.3) is 5.76 Å². The largest absolute Gasteiger partial charge is 0.508 e. The van der Waals surface area contributed by atoms with Gasteiger partial charge in [-0.25, -0.2) is 4.79 Å². The Labute approximate surface area is 132 Å². The fraction of sp³-hybridized carbons (Fsp3) is 0.500. The van der Waals surface area contributed by atoms with E-state index in [1.807, 2.05) is 45.0 Å². The van der Waals surface area contributed by atoms with Crippen LogP contribution in [-0.4, -0.2) is 34.8 Å². The zero-order valence-electron chi connectivity index (χ0n) is 13.6. The first-order valence-corrected chi connectivity index (χ1v) is 7.72. The van der Waals surface area contributed by atoms with E-state index in [9.17, 15) is 9.90 Å². The number of aliphatic hydroxyl groups excluding tert-OH is 1. The van der Waals surface area contributed by atoms with Crippen LogP contribution in [0.5, 0.6) is 0 Å². The van der Waals surface area contributed by atoms with Crippen LogP contribution in [0, 0.1) is 0 Å². The maximum Gasteiger partial charge on any atom is 0.410 e. The van der Waals surface area contributed by atoms with E-state index >= 15 is 0 Å². The van der Waals surface area contributed by atoms with Gasteiger partial charge in [0.15, 0.2) is 0 Å². The van der Waals surface area contributed by atoms with Crippen molar-refractivity contribution in [1.29, 1.82) is 0 Å². The van der Waals surface area contributed by atoms with Crippen molar-refractivity contribution in [2.24, 2.45) is 0 Å². The molecule has 1 aromatic rings. The van der Waals surface area contributed by atoms with Crippen molar-refractivity contribution < 1.29 is 14.6 Å². The molecule has 1 aliphatic rings. The van der Waals surface area contributed by atoms with E-state index in [-0.39, 0.29) is 11.9 Å². The third-order valence-corrected chi connectivity index (χ3v) is 3.86. The minimum atomic E-state index is -0.448. The lowest BCUT2D eigenvalue weighted by Gasteiger charge is -2.33. The summed E-state index contributed by atoms with van der Waals surface area (Å²) in [7, 11) is 0. The summed E-state index contributed by atoms with van der Waals surface area (Å²) in [5.41, 5.74) is 1.54. The predicted molar refractivity (Wildman–Crippen MR) is 87.9 cm³/mol. The minimum absolute atomic E-state index is 0.0892. The summed E-state index contributed by atoms with van der Waals surface area (Å²) in [5.74, 6) is 0.533. The molecule has 0 saturated carbocycles. The number of piperidine rings is 1. The van der Waals surface area contributed by atoms with E-state index in [4.69, 9.17) is 4.74 Å². The highest BCUT2D eigenvalue weighted by Gasteiger charge is 2.27. The SMILES string of the molecule is C=C(O)c1ccc(C2CCN(C(=O)OC(C)(C)C)CC2)cc1. The zero-order chi connectivity index (χ0) is 16.3. The number of aliphatic hydroxyl groups is 1. The van der Waals surface area contributed by atoms with Gasteiger partial charge < -0.3 is 14.7 Å². The third-order valence-electron chi connectivity index (χ3n) is 3.86. The molecule has 22 heavy (non-hydrogen) atoms. The second kappa shape index (κ2) is 6.42. The van der Waals surface area contributed by atoms with Gasteiger partial charge in [-0.15, -0.1) is 0 Å². The average molecular weight is 303 g/mol. The van der Waals surface area contributed by atoms with Gasteiger partial charge in [0.25, 0.3) is 0 Å². The molecular formula is C18H25NO3. The number of benzene rings is 1. The normalized spacial score (nSPS) is 16.4. The number of rotatable bonds is 2. The van der Waals surface area contributed by atoms with Crippen molar-refractivity contribution in [2.45, 2.75) is 45.1 Å². The fourth-order valence-corrected chi connectivity index (χ4v) is 2.67. The van der Waals surface area contributed by atoms with E-state index in [2.05, 4.69) is 6.58 Å². The van der Waals surface area contributed by atoms with Gasteiger partial charge in [-0.2, -0.15) is 0 Å². The summed E-state index contributed by atoms with van der Waals surface area (Å²) in [6, 6.07) is 7.84. The van der Waals surface area contributed by atoms with E-state index in [1.54, 1.807) is 4.90 Å². The Bertz CT molecular complexity index is 534. The summed E-state index contributed by atoms with van der Waals surface area (Å²) >= 11 is 0. The summed E-state index contributed by atoms with van der Waals surface area (Å²) in [5, 5.41) is 9.36. The number of carbonyl (C=O) groups excluding carboxylic acids is 1. The summed E-state index contributed by atoms with van der Waals surface area (Å²) in [6.45, 7) is 10.6. The van der Waals surface area contributed by atoms with Crippen molar-refractivity contribution in [1.82, 2.24) is 4.90 Å². The average Bonchev–Trinajstić information content (AvgIpc) is 2.46. The molecule has 0 spiro atoms. The molecular weight excluding hydrogens is 278 g/mol. The van der Waals surface area contributed by atoms with E-state index in [0.29, 0.717) is 19.0 Å². The molecule has 4 nitrogen and oxygen atoms in total. The maximum atomic E-state index is 12.0. The standard InChI is InChI=1S/C18H25NO3/c1-13(20)14-5-7-15(8-6-14)16-9-11-19(12-10-16)17(21)22-18(2,3)4/h5-8,16,20H,1,9-12H2,2-4H3. The van der Waals surface area contributed by atoms with Gasteiger partial charge in [-0.05, 0) is 45.1 Å². The first-order valence-electron chi connectivity index (χ1n) is 7.72. The summed E-state index contributed by atoms with van der Waals surface area (Å²) < 4.78 is 5.41. The van der Waals surface area contributed by atoms with Gasteiger partial charge >= 0.3 is 6.09 Å². The predicted octanol–water partition coefficient (Wildman–Crippen LogP) is 4.33. The van der Waals surface area contributed by atoms with Gasteiger partial charge in [0.2, 0.25) is 0 Å². The molecule has 0 aromatic heterocycles. The Balaban J connectivity index is 1.91. The van der Waals surface area contributed by atoms with Crippen molar-refractivity contribution in [3.63, 3.8) is 0 Å². The second-order valence-electron chi connectivity index (χ2n) is 6.81. The van der Waals surface area contributed by atoms with Gasteiger partial charge in [0.1, 0.15) is 11.4 Å². The molecule has 2 rings (SSSR count). The monoisotopic (exact) mass is 303 g/mol. The van der Waals surface area contributed by atoms with Crippen LogP contribution in [0.2, 0.25) is 0 Å². The molecule has 1 N–H and O–H groups in total.